The van der Waals surface area contributed by atoms with Gasteiger partial charge in [0.15, 0.2) is 0 Å². The van der Waals surface area contributed by atoms with Crippen LogP contribution in [0.3, 0.4) is 0 Å². The summed E-state index contributed by atoms with van der Waals surface area (Å²) < 4.78 is 9.57. The van der Waals surface area contributed by atoms with E-state index in [0.717, 1.165) is 6.08 Å². The Kier molecular flexibility index (Phi) is 6.06. The average Bonchev–Trinajstić information content (AvgIpc) is 2.11. The molecule has 0 spiro atoms. The molecule has 5 heteroatoms. The second-order valence-corrected chi connectivity index (χ2v) is 2.30. The second kappa shape index (κ2) is 6.85. The van der Waals surface area contributed by atoms with Crippen LogP contribution in [0.25, 0.3) is 0 Å². The molecule has 0 saturated carbocycles. The number of carbonyl (C=O) groups excluding carboxylic acids is 1. The van der Waals surface area contributed by atoms with Crippen molar-refractivity contribution in [2.24, 2.45) is 0 Å². The first-order chi connectivity index (χ1) is 6.56. The molecule has 5 nitrogen and oxygen atoms in total. The molecule has 0 aliphatic rings. The smallest absolute Gasteiger partial charge is 0.333 e. The standard InChI is InChI=1S/C9H12O5/c1-3-6-13-7(2)14-9(12)5-4-8(10)11/h3-5,7H,1,6H2,2H3,(H,10,11)/b5-4-. The molecule has 0 aromatic heterocycles. The lowest BCUT2D eigenvalue weighted by Gasteiger charge is -2.10. The summed E-state index contributed by atoms with van der Waals surface area (Å²) in [6.07, 6.45) is 2.30. The van der Waals surface area contributed by atoms with E-state index >= 15 is 0 Å². The third-order valence-corrected chi connectivity index (χ3v) is 1.09. The van der Waals surface area contributed by atoms with E-state index in [1.54, 1.807) is 0 Å². The molecule has 1 atom stereocenters. The maximum absolute atomic E-state index is 10.8. The van der Waals surface area contributed by atoms with Crippen molar-refractivity contribution in [1.82, 2.24) is 0 Å². The number of ether oxygens (including phenoxy) is 2. The van der Waals surface area contributed by atoms with Gasteiger partial charge in [-0.1, -0.05) is 6.08 Å². The molecule has 0 fully saturated rings. The van der Waals surface area contributed by atoms with Crippen molar-refractivity contribution in [2.45, 2.75) is 13.2 Å². The summed E-state index contributed by atoms with van der Waals surface area (Å²) in [5.41, 5.74) is 0. The summed E-state index contributed by atoms with van der Waals surface area (Å²) in [4.78, 5) is 20.9. The van der Waals surface area contributed by atoms with Gasteiger partial charge in [-0.2, -0.15) is 0 Å². The van der Waals surface area contributed by atoms with Crippen molar-refractivity contribution in [3.8, 4) is 0 Å². The van der Waals surface area contributed by atoms with E-state index in [0.29, 0.717) is 6.08 Å². The van der Waals surface area contributed by atoms with Crippen molar-refractivity contribution < 1.29 is 24.2 Å². The summed E-state index contributed by atoms with van der Waals surface area (Å²) >= 11 is 0. The maximum atomic E-state index is 10.8. The highest BCUT2D eigenvalue weighted by atomic mass is 16.7. The van der Waals surface area contributed by atoms with Gasteiger partial charge in [-0.25, -0.2) is 9.59 Å². The van der Waals surface area contributed by atoms with Crippen LogP contribution in [0, 0.1) is 0 Å². The molecule has 0 aromatic rings. The van der Waals surface area contributed by atoms with Gasteiger partial charge < -0.3 is 14.6 Å². The van der Waals surface area contributed by atoms with Gasteiger partial charge in [0.2, 0.25) is 6.29 Å². The minimum atomic E-state index is -1.21. The summed E-state index contributed by atoms with van der Waals surface area (Å²) in [7, 11) is 0. The molecule has 0 heterocycles. The van der Waals surface area contributed by atoms with Crippen LogP contribution < -0.4 is 0 Å². The predicted molar refractivity (Wildman–Crippen MR) is 48.5 cm³/mol. The zero-order chi connectivity index (χ0) is 11.0. The SMILES string of the molecule is C=CCOC(C)OC(=O)/C=C\C(=O)O. The molecular weight excluding hydrogens is 188 g/mol. The summed E-state index contributed by atoms with van der Waals surface area (Å²) in [5, 5.41) is 8.20. The molecule has 0 radical (unpaired) electrons. The minimum absolute atomic E-state index is 0.261. The van der Waals surface area contributed by atoms with Crippen LogP contribution in [0.2, 0.25) is 0 Å². The lowest BCUT2D eigenvalue weighted by Crippen LogP contribution is -2.16. The van der Waals surface area contributed by atoms with Crippen molar-refractivity contribution in [3.05, 3.63) is 24.8 Å². The quantitative estimate of drug-likeness (QED) is 0.296. The average molecular weight is 200 g/mol. The number of aliphatic carboxylic acids is 1. The Morgan fingerprint density at radius 3 is 2.64 bits per heavy atom. The Morgan fingerprint density at radius 1 is 1.50 bits per heavy atom. The topological polar surface area (TPSA) is 72.8 Å². The van der Waals surface area contributed by atoms with Gasteiger partial charge in [-0.15, -0.1) is 6.58 Å². The highest BCUT2D eigenvalue weighted by molar-refractivity contribution is 5.90. The molecule has 0 aliphatic carbocycles. The minimum Gasteiger partial charge on any atom is -0.478 e. The van der Waals surface area contributed by atoms with E-state index < -0.39 is 18.2 Å². The number of hydrogen-bond donors (Lipinski definition) is 1. The lowest BCUT2D eigenvalue weighted by atomic mass is 10.5. The van der Waals surface area contributed by atoms with E-state index in [1.165, 1.54) is 13.0 Å². The first-order valence-electron chi connectivity index (χ1n) is 3.90. The molecule has 0 aliphatic heterocycles. The second-order valence-electron chi connectivity index (χ2n) is 2.30. The zero-order valence-corrected chi connectivity index (χ0v) is 7.80. The Labute approximate surface area is 81.6 Å². The monoisotopic (exact) mass is 200 g/mol. The van der Waals surface area contributed by atoms with Crippen LogP contribution in [0.4, 0.5) is 0 Å². The van der Waals surface area contributed by atoms with E-state index in [-0.39, 0.29) is 6.61 Å². The number of carbonyl (C=O) groups is 2. The first-order valence-corrected chi connectivity index (χ1v) is 3.90. The summed E-state index contributed by atoms with van der Waals surface area (Å²) in [6, 6.07) is 0. The van der Waals surface area contributed by atoms with E-state index in [4.69, 9.17) is 9.84 Å². The number of esters is 1. The van der Waals surface area contributed by atoms with Gasteiger partial charge in [0.1, 0.15) is 0 Å². The van der Waals surface area contributed by atoms with E-state index in [9.17, 15) is 9.59 Å². The molecule has 0 saturated heterocycles. The fraction of sp³-hybridized carbons (Fsp3) is 0.333. The van der Waals surface area contributed by atoms with Gasteiger partial charge in [0.25, 0.3) is 0 Å². The largest absolute Gasteiger partial charge is 0.478 e. The normalized spacial score (nSPS) is 12.4. The molecule has 14 heavy (non-hydrogen) atoms. The molecule has 0 aromatic carbocycles. The van der Waals surface area contributed by atoms with Crippen LogP contribution in [0.5, 0.6) is 0 Å². The molecule has 0 rings (SSSR count). The van der Waals surface area contributed by atoms with E-state index in [2.05, 4.69) is 11.3 Å². The molecule has 78 valence electrons. The highest BCUT2D eigenvalue weighted by Crippen LogP contribution is 1.95. The van der Waals surface area contributed by atoms with Gasteiger partial charge in [0.05, 0.1) is 6.61 Å². The molecular formula is C9H12O5. The highest BCUT2D eigenvalue weighted by Gasteiger charge is 2.05. The fourth-order valence-electron chi connectivity index (χ4n) is 0.580. The van der Waals surface area contributed by atoms with E-state index in [1.807, 2.05) is 0 Å². The Morgan fingerprint density at radius 2 is 2.14 bits per heavy atom. The summed E-state index contributed by atoms with van der Waals surface area (Å²) in [6.45, 7) is 5.20. The van der Waals surface area contributed by atoms with Crippen molar-refractivity contribution in [3.63, 3.8) is 0 Å². The van der Waals surface area contributed by atoms with Crippen LogP contribution in [0.1, 0.15) is 6.92 Å². The van der Waals surface area contributed by atoms with Crippen molar-refractivity contribution in [1.29, 1.82) is 0 Å². The number of carboxylic acids is 1. The molecule has 1 unspecified atom stereocenters. The van der Waals surface area contributed by atoms with Crippen LogP contribution in [-0.2, 0) is 19.1 Å². The number of carboxylic acid groups (broad SMARTS) is 1. The maximum Gasteiger partial charge on any atom is 0.333 e. The third kappa shape index (κ3) is 7.05. The molecule has 0 bridgehead atoms. The molecule has 1 N–H and O–H groups in total. The Bertz CT molecular complexity index is 244. The fourth-order valence-corrected chi connectivity index (χ4v) is 0.580. The summed E-state index contributed by atoms with van der Waals surface area (Å²) in [5.74, 6) is -1.97. The Hall–Kier alpha value is -1.62. The van der Waals surface area contributed by atoms with Crippen molar-refractivity contribution >= 4 is 11.9 Å². The number of hydrogen-bond acceptors (Lipinski definition) is 4. The van der Waals surface area contributed by atoms with Gasteiger partial charge in [-0.05, 0) is 6.92 Å². The van der Waals surface area contributed by atoms with Crippen LogP contribution in [-0.4, -0.2) is 29.9 Å². The van der Waals surface area contributed by atoms with Crippen molar-refractivity contribution in [2.75, 3.05) is 6.61 Å². The first kappa shape index (κ1) is 12.4. The van der Waals surface area contributed by atoms with Crippen LogP contribution >= 0.6 is 0 Å². The lowest BCUT2D eigenvalue weighted by molar-refractivity contribution is -0.166. The zero-order valence-electron chi connectivity index (χ0n) is 7.80. The predicted octanol–water partition coefficient (Wildman–Crippen LogP) is 0.719. The van der Waals surface area contributed by atoms with Gasteiger partial charge in [-0.3, -0.25) is 0 Å². The third-order valence-electron chi connectivity index (χ3n) is 1.09. The van der Waals surface area contributed by atoms with Gasteiger partial charge >= 0.3 is 11.9 Å². The van der Waals surface area contributed by atoms with Gasteiger partial charge in [0, 0.05) is 12.2 Å². The number of rotatable bonds is 6. The Balaban J connectivity index is 3.81. The van der Waals surface area contributed by atoms with Crippen LogP contribution in [0.15, 0.2) is 24.8 Å². The molecule has 0 amide bonds.